The van der Waals surface area contributed by atoms with Crippen molar-refractivity contribution in [2.24, 2.45) is 0 Å². The molecule has 0 saturated heterocycles. The maximum absolute atomic E-state index is 11.8. The summed E-state index contributed by atoms with van der Waals surface area (Å²) in [5, 5.41) is 3.59. The molecule has 0 bridgehead atoms. The summed E-state index contributed by atoms with van der Waals surface area (Å²) in [4.78, 5) is 16.0. The molecular formula is C14H14N2O2. The summed E-state index contributed by atoms with van der Waals surface area (Å²) in [5.74, 6) is 0.540. The molecule has 1 aromatic carbocycles. The predicted octanol–water partition coefficient (Wildman–Crippen LogP) is 2.16. The summed E-state index contributed by atoms with van der Waals surface area (Å²) in [6, 6.07) is 7.40. The normalized spacial score (nSPS) is 10.1. The Balaban J connectivity index is 2.39. The van der Waals surface area contributed by atoms with Gasteiger partial charge in [0, 0.05) is 18.1 Å². The number of amides is 1. The Morgan fingerprint density at radius 2 is 2.39 bits per heavy atom. The van der Waals surface area contributed by atoms with Gasteiger partial charge in [0.1, 0.15) is 11.3 Å². The third kappa shape index (κ3) is 2.32. The first-order valence-electron chi connectivity index (χ1n) is 5.58. The van der Waals surface area contributed by atoms with E-state index in [1.54, 1.807) is 25.4 Å². The molecule has 0 atom stereocenters. The lowest BCUT2D eigenvalue weighted by Gasteiger charge is -2.06. The molecule has 92 valence electrons. The molecule has 0 fully saturated rings. The molecule has 4 heteroatoms. The van der Waals surface area contributed by atoms with Gasteiger partial charge in [-0.3, -0.25) is 9.78 Å². The average molecular weight is 242 g/mol. The predicted molar refractivity (Wildman–Crippen MR) is 70.8 cm³/mol. The van der Waals surface area contributed by atoms with Crippen molar-refractivity contribution in [3.63, 3.8) is 0 Å². The molecule has 1 aromatic heterocycles. The van der Waals surface area contributed by atoms with Crippen LogP contribution in [0.15, 0.2) is 43.1 Å². The number of hydrogen-bond donors (Lipinski definition) is 1. The van der Waals surface area contributed by atoms with Gasteiger partial charge in [0.15, 0.2) is 0 Å². The lowest BCUT2D eigenvalue weighted by Crippen LogP contribution is -2.23. The van der Waals surface area contributed by atoms with Crippen LogP contribution in [0.25, 0.3) is 10.9 Å². The minimum Gasteiger partial charge on any atom is -0.494 e. The van der Waals surface area contributed by atoms with Gasteiger partial charge >= 0.3 is 0 Å². The van der Waals surface area contributed by atoms with Crippen molar-refractivity contribution in [3.8, 4) is 5.75 Å². The first-order valence-corrected chi connectivity index (χ1v) is 5.58. The molecule has 0 saturated carbocycles. The number of rotatable bonds is 4. The van der Waals surface area contributed by atoms with Crippen molar-refractivity contribution in [1.82, 2.24) is 10.3 Å². The largest absolute Gasteiger partial charge is 0.494 e. The highest BCUT2D eigenvalue weighted by Gasteiger charge is 2.08. The van der Waals surface area contributed by atoms with Crippen LogP contribution in [0.4, 0.5) is 0 Å². The van der Waals surface area contributed by atoms with Crippen molar-refractivity contribution in [2.75, 3.05) is 13.7 Å². The molecule has 1 N–H and O–H groups in total. The fourth-order valence-electron chi connectivity index (χ4n) is 1.69. The molecule has 4 nitrogen and oxygen atoms in total. The first kappa shape index (κ1) is 12.1. The maximum Gasteiger partial charge on any atom is 0.253 e. The lowest BCUT2D eigenvalue weighted by molar-refractivity contribution is 0.0958. The van der Waals surface area contributed by atoms with Crippen LogP contribution >= 0.6 is 0 Å². The van der Waals surface area contributed by atoms with E-state index < -0.39 is 0 Å². The van der Waals surface area contributed by atoms with Crippen LogP contribution in [0.1, 0.15) is 10.4 Å². The van der Waals surface area contributed by atoms with Gasteiger partial charge in [0.25, 0.3) is 5.91 Å². The van der Waals surface area contributed by atoms with E-state index in [0.717, 1.165) is 10.9 Å². The number of para-hydroxylation sites is 1. The summed E-state index contributed by atoms with van der Waals surface area (Å²) in [6.45, 7) is 3.99. The van der Waals surface area contributed by atoms with Gasteiger partial charge in [-0.2, -0.15) is 0 Å². The zero-order chi connectivity index (χ0) is 13.0. The summed E-state index contributed by atoms with van der Waals surface area (Å²) in [6.07, 6.45) is 3.18. The van der Waals surface area contributed by atoms with E-state index in [1.807, 2.05) is 18.2 Å². The molecular weight excluding hydrogens is 228 g/mol. The van der Waals surface area contributed by atoms with E-state index in [0.29, 0.717) is 17.9 Å². The van der Waals surface area contributed by atoms with Crippen LogP contribution in [0.2, 0.25) is 0 Å². The van der Waals surface area contributed by atoms with Crippen molar-refractivity contribution in [1.29, 1.82) is 0 Å². The van der Waals surface area contributed by atoms with Gasteiger partial charge in [-0.1, -0.05) is 18.2 Å². The number of nitrogens with one attached hydrogen (secondary N) is 1. The summed E-state index contributed by atoms with van der Waals surface area (Å²) >= 11 is 0. The van der Waals surface area contributed by atoms with Gasteiger partial charge in [-0.05, 0) is 12.1 Å². The maximum atomic E-state index is 11.8. The Hall–Kier alpha value is -2.36. The number of carbonyl (C=O) groups excluding carboxylic acids is 1. The third-order valence-corrected chi connectivity index (χ3v) is 2.56. The number of benzene rings is 1. The van der Waals surface area contributed by atoms with E-state index >= 15 is 0 Å². The molecule has 1 amide bonds. The fourth-order valence-corrected chi connectivity index (χ4v) is 1.69. The van der Waals surface area contributed by atoms with Crippen molar-refractivity contribution in [2.45, 2.75) is 0 Å². The lowest BCUT2D eigenvalue weighted by atomic mass is 10.1. The molecule has 0 radical (unpaired) electrons. The minimum atomic E-state index is -0.160. The van der Waals surface area contributed by atoms with E-state index in [1.165, 1.54) is 0 Å². The molecule has 0 unspecified atom stereocenters. The highest BCUT2D eigenvalue weighted by atomic mass is 16.5. The second-order valence-corrected chi connectivity index (χ2v) is 3.75. The highest BCUT2D eigenvalue weighted by molar-refractivity contribution is 5.98. The number of fused-ring (bicyclic) bond motifs is 1. The number of hydrogen-bond acceptors (Lipinski definition) is 3. The molecule has 0 aliphatic carbocycles. The van der Waals surface area contributed by atoms with E-state index in [9.17, 15) is 4.79 Å². The van der Waals surface area contributed by atoms with Crippen molar-refractivity contribution >= 4 is 16.8 Å². The van der Waals surface area contributed by atoms with Crippen LogP contribution < -0.4 is 10.1 Å². The number of methoxy groups -OCH3 is 1. The number of pyridine rings is 1. The Kier molecular flexibility index (Phi) is 3.57. The van der Waals surface area contributed by atoms with Crippen LogP contribution in [0.3, 0.4) is 0 Å². The average Bonchev–Trinajstić information content (AvgIpc) is 2.43. The molecule has 18 heavy (non-hydrogen) atoms. The molecule has 1 heterocycles. The van der Waals surface area contributed by atoms with E-state index in [-0.39, 0.29) is 5.91 Å². The number of nitrogens with zero attached hydrogens (tertiary/aromatic N) is 1. The van der Waals surface area contributed by atoms with Gasteiger partial charge in [0.05, 0.1) is 12.7 Å². The van der Waals surface area contributed by atoms with E-state index in [4.69, 9.17) is 4.74 Å². The van der Waals surface area contributed by atoms with Crippen LogP contribution in [0, 0.1) is 0 Å². The molecule has 2 rings (SSSR count). The van der Waals surface area contributed by atoms with Crippen molar-refractivity contribution in [3.05, 3.63) is 48.7 Å². The Bertz CT molecular complexity index is 593. The monoisotopic (exact) mass is 242 g/mol. The molecule has 0 spiro atoms. The van der Waals surface area contributed by atoms with Gasteiger partial charge in [-0.15, -0.1) is 6.58 Å². The smallest absolute Gasteiger partial charge is 0.253 e. The second-order valence-electron chi connectivity index (χ2n) is 3.75. The molecule has 0 aliphatic heterocycles. The van der Waals surface area contributed by atoms with E-state index in [2.05, 4.69) is 16.9 Å². The highest BCUT2D eigenvalue weighted by Crippen LogP contribution is 2.23. The zero-order valence-corrected chi connectivity index (χ0v) is 10.1. The minimum absolute atomic E-state index is 0.160. The Morgan fingerprint density at radius 3 is 3.11 bits per heavy atom. The first-order chi connectivity index (χ1) is 8.76. The summed E-state index contributed by atoms with van der Waals surface area (Å²) < 4.78 is 5.22. The Labute approximate surface area is 105 Å². The van der Waals surface area contributed by atoms with Gasteiger partial charge < -0.3 is 10.1 Å². The van der Waals surface area contributed by atoms with Gasteiger partial charge in [0.2, 0.25) is 0 Å². The SMILES string of the molecule is C=CCNC(=O)c1cnc2c(OC)cccc2c1. The van der Waals surface area contributed by atoms with Crippen LogP contribution in [0.5, 0.6) is 5.75 Å². The fraction of sp³-hybridized carbons (Fsp3) is 0.143. The number of carbonyl (C=O) groups is 1. The Morgan fingerprint density at radius 1 is 1.56 bits per heavy atom. The standard InChI is InChI=1S/C14H14N2O2/c1-3-7-15-14(17)11-8-10-5-4-6-12(18-2)13(10)16-9-11/h3-6,8-9H,1,7H2,2H3,(H,15,17). The zero-order valence-electron chi connectivity index (χ0n) is 10.1. The third-order valence-electron chi connectivity index (χ3n) is 2.56. The van der Waals surface area contributed by atoms with Crippen LogP contribution in [-0.4, -0.2) is 24.5 Å². The van der Waals surface area contributed by atoms with Gasteiger partial charge in [-0.25, -0.2) is 0 Å². The number of ether oxygens (including phenoxy) is 1. The summed E-state index contributed by atoms with van der Waals surface area (Å²) in [7, 11) is 1.60. The van der Waals surface area contributed by atoms with Crippen LogP contribution in [-0.2, 0) is 0 Å². The second kappa shape index (κ2) is 5.31. The van der Waals surface area contributed by atoms with Crippen molar-refractivity contribution < 1.29 is 9.53 Å². The molecule has 2 aromatic rings. The number of aromatic nitrogens is 1. The topological polar surface area (TPSA) is 51.2 Å². The summed E-state index contributed by atoms with van der Waals surface area (Å²) in [5.41, 5.74) is 1.28. The quantitative estimate of drug-likeness (QED) is 0.836. The molecule has 0 aliphatic rings.